The van der Waals surface area contributed by atoms with Crippen molar-refractivity contribution in [2.45, 2.75) is 26.3 Å². The van der Waals surface area contributed by atoms with E-state index in [1.807, 2.05) is 31.3 Å². The van der Waals surface area contributed by atoms with Crippen LogP contribution >= 0.6 is 0 Å². The van der Waals surface area contributed by atoms with Crippen molar-refractivity contribution in [3.63, 3.8) is 0 Å². The largest absolute Gasteiger partial charge is 0.399 e. The molecule has 0 bridgehead atoms. The van der Waals surface area contributed by atoms with Gasteiger partial charge in [-0.1, -0.05) is 25.5 Å². The van der Waals surface area contributed by atoms with Crippen molar-refractivity contribution in [3.05, 3.63) is 47.9 Å². The van der Waals surface area contributed by atoms with E-state index in [2.05, 4.69) is 27.9 Å². The molecular weight excluding hydrogens is 236 g/mol. The van der Waals surface area contributed by atoms with Gasteiger partial charge in [0.25, 0.3) is 0 Å². The van der Waals surface area contributed by atoms with E-state index >= 15 is 0 Å². The molecule has 0 unspecified atom stereocenters. The zero-order valence-electron chi connectivity index (χ0n) is 11.5. The van der Waals surface area contributed by atoms with E-state index in [0.717, 1.165) is 36.6 Å². The molecule has 4 nitrogen and oxygen atoms in total. The van der Waals surface area contributed by atoms with Gasteiger partial charge in [0, 0.05) is 31.0 Å². The second-order valence-electron chi connectivity index (χ2n) is 4.72. The lowest BCUT2D eigenvalue weighted by molar-refractivity contribution is 0.847. The minimum Gasteiger partial charge on any atom is -0.399 e. The predicted octanol–water partition coefficient (Wildman–Crippen LogP) is 2.65. The first-order valence-electron chi connectivity index (χ1n) is 6.55. The van der Waals surface area contributed by atoms with Crippen LogP contribution in [0.5, 0.6) is 0 Å². The van der Waals surface area contributed by atoms with Crippen molar-refractivity contribution in [2.24, 2.45) is 0 Å². The molecule has 0 atom stereocenters. The summed E-state index contributed by atoms with van der Waals surface area (Å²) < 4.78 is 0. The highest BCUT2D eigenvalue weighted by atomic mass is 15.2. The van der Waals surface area contributed by atoms with E-state index < -0.39 is 0 Å². The molecule has 1 heterocycles. The predicted molar refractivity (Wildman–Crippen MR) is 79.0 cm³/mol. The number of rotatable bonds is 5. The lowest BCUT2D eigenvalue weighted by Gasteiger charge is -2.18. The maximum absolute atomic E-state index is 5.69. The maximum Gasteiger partial charge on any atom is 0.132 e. The molecule has 0 aliphatic heterocycles. The molecule has 2 aromatic rings. The Morgan fingerprint density at radius 3 is 2.58 bits per heavy atom. The van der Waals surface area contributed by atoms with Gasteiger partial charge in [0.2, 0.25) is 0 Å². The number of nitrogen functional groups attached to an aromatic ring is 1. The fraction of sp³-hybridized carbons (Fsp3) is 0.333. The van der Waals surface area contributed by atoms with Gasteiger partial charge in [0.1, 0.15) is 12.1 Å². The molecule has 0 fully saturated rings. The summed E-state index contributed by atoms with van der Waals surface area (Å²) in [5.74, 6) is 0.954. The monoisotopic (exact) mass is 256 g/mol. The second-order valence-corrected chi connectivity index (χ2v) is 4.72. The van der Waals surface area contributed by atoms with Crippen molar-refractivity contribution >= 4 is 11.5 Å². The third-order valence-corrected chi connectivity index (χ3v) is 3.01. The Morgan fingerprint density at radius 1 is 1.16 bits per heavy atom. The van der Waals surface area contributed by atoms with Gasteiger partial charge in [0.05, 0.1) is 0 Å². The molecule has 19 heavy (non-hydrogen) atoms. The van der Waals surface area contributed by atoms with Crippen LogP contribution in [0.25, 0.3) is 0 Å². The quantitative estimate of drug-likeness (QED) is 0.836. The normalized spacial score (nSPS) is 10.4. The summed E-state index contributed by atoms with van der Waals surface area (Å²) in [6.07, 6.45) is 3.73. The van der Waals surface area contributed by atoms with Crippen LogP contribution in [-0.4, -0.2) is 17.0 Å². The fourth-order valence-corrected chi connectivity index (χ4v) is 1.97. The zero-order valence-corrected chi connectivity index (χ0v) is 11.5. The van der Waals surface area contributed by atoms with Crippen molar-refractivity contribution in [3.8, 4) is 0 Å². The smallest absolute Gasteiger partial charge is 0.132 e. The Bertz CT molecular complexity index is 522. The van der Waals surface area contributed by atoms with Crippen molar-refractivity contribution in [1.82, 2.24) is 9.97 Å². The van der Waals surface area contributed by atoms with Gasteiger partial charge in [-0.15, -0.1) is 0 Å². The number of hydrogen-bond acceptors (Lipinski definition) is 4. The first kappa shape index (κ1) is 13.3. The topological polar surface area (TPSA) is 55.0 Å². The molecule has 0 aliphatic carbocycles. The Morgan fingerprint density at radius 2 is 1.89 bits per heavy atom. The number of nitrogens with zero attached hydrogens (tertiary/aromatic N) is 3. The molecule has 0 spiro atoms. The van der Waals surface area contributed by atoms with E-state index in [1.54, 1.807) is 6.33 Å². The molecule has 2 N–H and O–H groups in total. The molecule has 0 radical (unpaired) electrons. The molecular formula is C15H20N4. The summed E-state index contributed by atoms with van der Waals surface area (Å²) in [5, 5.41) is 0. The lowest BCUT2D eigenvalue weighted by Crippen LogP contribution is -2.18. The van der Waals surface area contributed by atoms with Gasteiger partial charge in [-0.05, 0) is 24.1 Å². The van der Waals surface area contributed by atoms with Crippen LogP contribution in [-0.2, 0) is 13.0 Å². The van der Waals surface area contributed by atoms with Crippen molar-refractivity contribution < 1.29 is 0 Å². The first-order chi connectivity index (χ1) is 9.19. The zero-order chi connectivity index (χ0) is 13.7. The van der Waals surface area contributed by atoms with Gasteiger partial charge in [-0.2, -0.15) is 0 Å². The summed E-state index contributed by atoms with van der Waals surface area (Å²) in [5.41, 5.74) is 8.79. The molecule has 4 heteroatoms. The van der Waals surface area contributed by atoms with Crippen LogP contribution in [0.1, 0.15) is 24.6 Å². The SMILES string of the molecule is CCCc1cc(N(C)Cc2ccc(N)cc2)ncn1. The summed E-state index contributed by atoms with van der Waals surface area (Å²) in [6, 6.07) is 9.98. The van der Waals surface area contributed by atoms with Crippen LogP contribution in [0.3, 0.4) is 0 Å². The van der Waals surface area contributed by atoms with Crippen molar-refractivity contribution in [2.75, 3.05) is 17.7 Å². The summed E-state index contributed by atoms with van der Waals surface area (Å²) >= 11 is 0. The molecule has 0 saturated heterocycles. The lowest BCUT2D eigenvalue weighted by atomic mass is 10.2. The average Bonchev–Trinajstić information content (AvgIpc) is 2.42. The van der Waals surface area contributed by atoms with Crippen LogP contribution in [0.15, 0.2) is 36.7 Å². The maximum atomic E-state index is 5.69. The van der Waals surface area contributed by atoms with Crippen molar-refractivity contribution in [1.29, 1.82) is 0 Å². The summed E-state index contributed by atoms with van der Waals surface area (Å²) in [4.78, 5) is 10.7. The molecule has 1 aromatic heterocycles. The third kappa shape index (κ3) is 3.68. The van der Waals surface area contributed by atoms with E-state index in [0.29, 0.717) is 0 Å². The molecule has 2 rings (SSSR count). The van der Waals surface area contributed by atoms with E-state index in [9.17, 15) is 0 Å². The second kappa shape index (κ2) is 6.18. The fourth-order valence-electron chi connectivity index (χ4n) is 1.97. The van der Waals surface area contributed by atoms with Crippen LogP contribution < -0.4 is 10.6 Å². The number of anilines is 2. The van der Waals surface area contributed by atoms with E-state index in [1.165, 1.54) is 5.56 Å². The Labute approximate surface area is 114 Å². The molecule has 0 saturated carbocycles. The molecule has 1 aromatic carbocycles. The van der Waals surface area contributed by atoms with Crippen LogP contribution in [0.2, 0.25) is 0 Å². The summed E-state index contributed by atoms with van der Waals surface area (Å²) in [6.45, 7) is 2.96. The standard InChI is InChI=1S/C15H20N4/c1-3-4-14-9-15(18-11-17-14)19(2)10-12-5-7-13(16)8-6-12/h5-9,11H,3-4,10,16H2,1-2H3. The first-order valence-corrected chi connectivity index (χ1v) is 6.55. The number of hydrogen-bond donors (Lipinski definition) is 1. The molecule has 0 amide bonds. The van der Waals surface area contributed by atoms with Crippen LogP contribution in [0, 0.1) is 0 Å². The number of aromatic nitrogens is 2. The number of nitrogens with two attached hydrogens (primary N) is 1. The van der Waals surface area contributed by atoms with E-state index in [4.69, 9.17) is 5.73 Å². The van der Waals surface area contributed by atoms with Gasteiger partial charge < -0.3 is 10.6 Å². The van der Waals surface area contributed by atoms with Gasteiger partial charge in [-0.25, -0.2) is 9.97 Å². The average molecular weight is 256 g/mol. The molecule has 100 valence electrons. The van der Waals surface area contributed by atoms with Gasteiger partial charge in [-0.3, -0.25) is 0 Å². The highest BCUT2D eigenvalue weighted by molar-refractivity contribution is 5.42. The Balaban J connectivity index is 2.08. The minimum absolute atomic E-state index is 0.790. The minimum atomic E-state index is 0.790. The Kier molecular flexibility index (Phi) is 4.34. The van der Waals surface area contributed by atoms with E-state index in [-0.39, 0.29) is 0 Å². The van der Waals surface area contributed by atoms with Crippen LogP contribution in [0.4, 0.5) is 11.5 Å². The highest BCUT2D eigenvalue weighted by Gasteiger charge is 2.05. The van der Waals surface area contributed by atoms with Gasteiger partial charge >= 0.3 is 0 Å². The Hall–Kier alpha value is -2.10. The highest BCUT2D eigenvalue weighted by Crippen LogP contribution is 2.14. The van der Waals surface area contributed by atoms with Gasteiger partial charge in [0.15, 0.2) is 0 Å². The molecule has 0 aliphatic rings. The number of aryl methyl sites for hydroxylation is 1. The number of benzene rings is 1. The third-order valence-electron chi connectivity index (χ3n) is 3.01. The summed E-state index contributed by atoms with van der Waals surface area (Å²) in [7, 11) is 2.04.